The molecule has 1 fully saturated rings. The summed E-state index contributed by atoms with van der Waals surface area (Å²) in [7, 11) is 0. The molecule has 2 nitrogen and oxygen atoms in total. The Balaban J connectivity index is 2.29. The highest BCUT2D eigenvalue weighted by Crippen LogP contribution is 2.35. The molecule has 1 aliphatic rings. The Morgan fingerprint density at radius 3 is 2.00 bits per heavy atom. The van der Waals surface area contributed by atoms with Crippen molar-refractivity contribution in [1.29, 1.82) is 0 Å². The largest absolute Gasteiger partial charge is 0.300 e. The SMILES string of the molecule is CC(=O)C(C)CCC(C)C1CCC(C(C)=O)CC1. The Labute approximate surface area is 112 Å². The second kappa shape index (κ2) is 7.06. The molecule has 0 radical (unpaired) electrons. The minimum Gasteiger partial charge on any atom is -0.300 e. The molecule has 0 amide bonds. The molecule has 1 saturated carbocycles. The smallest absolute Gasteiger partial charge is 0.132 e. The molecular weight excluding hydrogens is 224 g/mol. The van der Waals surface area contributed by atoms with Gasteiger partial charge in [-0.25, -0.2) is 0 Å². The lowest BCUT2D eigenvalue weighted by Gasteiger charge is -2.31. The molecule has 0 aromatic rings. The lowest BCUT2D eigenvalue weighted by Crippen LogP contribution is -2.24. The van der Waals surface area contributed by atoms with Gasteiger partial charge in [-0.05, 0) is 64.2 Å². The monoisotopic (exact) mass is 252 g/mol. The fourth-order valence-corrected chi connectivity index (χ4v) is 3.05. The van der Waals surface area contributed by atoms with Crippen molar-refractivity contribution in [3.05, 3.63) is 0 Å². The van der Waals surface area contributed by atoms with Gasteiger partial charge in [0.25, 0.3) is 0 Å². The third-order valence-electron chi connectivity index (χ3n) is 4.90. The fourth-order valence-electron chi connectivity index (χ4n) is 3.05. The second-order valence-electron chi connectivity index (χ2n) is 6.29. The van der Waals surface area contributed by atoms with E-state index in [0.29, 0.717) is 23.4 Å². The first kappa shape index (κ1) is 15.4. The van der Waals surface area contributed by atoms with Gasteiger partial charge in [0, 0.05) is 11.8 Å². The summed E-state index contributed by atoms with van der Waals surface area (Å²) in [6, 6.07) is 0. The Morgan fingerprint density at radius 2 is 1.56 bits per heavy atom. The third-order valence-corrected chi connectivity index (χ3v) is 4.90. The number of carbonyl (C=O) groups is 2. The molecule has 2 heteroatoms. The second-order valence-corrected chi connectivity index (χ2v) is 6.29. The van der Waals surface area contributed by atoms with Gasteiger partial charge in [-0.1, -0.05) is 13.8 Å². The molecule has 1 aliphatic carbocycles. The van der Waals surface area contributed by atoms with Crippen molar-refractivity contribution in [3.63, 3.8) is 0 Å². The highest BCUT2D eigenvalue weighted by molar-refractivity contribution is 5.78. The van der Waals surface area contributed by atoms with Gasteiger partial charge in [0.15, 0.2) is 0 Å². The lowest BCUT2D eigenvalue weighted by molar-refractivity contribution is -0.122. The van der Waals surface area contributed by atoms with Crippen LogP contribution in [-0.4, -0.2) is 11.6 Å². The topological polar surface area (TPSA) is 34.1 Å². The maximum absolute atomic E-state index is 11.3. The molecule has 1 rings (SSSR count). The van der Waals surface area contributed by atoms with E-state index < -0.39 is 0 Å². The standard InChI is InChI=1S/C16H28O2/c1-11(13(3)17)5-6-12(2)15-7-9-16(10-8-15)14(4)18/h11-12,15-16H,5-10H2,1-4H3. The van der Waals surface area contributed by atoms with Gasteiger partial charge in [-0.15, -0.1) is 0 Å². The van der Waals surface area contributed by atoms with Crippen LogP contribution in [0.3, 0.4) is 0 Å². The molecule has 0 heterocycles. The van der Waals surface area contributed by atoms with E-state index in [-0.39, 0.29) is 5.92 Å². The van der Waals surface area contributed by atoms with Crippen LogP contribution in [-0.2, 0) is 9.59 Å². The molecule has 2 unspecified atom stereocenters. The van der Waals surface area contributed by atoms with Gasteiger partial charge in [-0.3, -0.25) is 9.59 Å². The number of ketones is 2. The zero-order valence-corrected chi connectivity index (χ0v) is 12.4. The van der Waals surface area contributed by atoms with Crippen molar-refractivity contribution >= 4 is 11.6 Å². The summed E-state index contributed by atoms with van der Waals surface area (Å²) < 4.78 is 0. The molecule has 2 atom stereocenters. The van der Waals surface area contributed by atoms with Gasteiger partial charge in [0.2, 0.25) is 0 Å². The first-order chi connectivity index (χ1) is 8.41. The highest BCUT2D eigenvalue weighted by Gasteiger charge is 2.27. The van der Waals surface area contributed by atoms with Gasteiger partial charge in [0.1, 0.15) is 11.6 Å². The summed E-state index contributed by atoms with van der Waals surface area (Å²) in [4.78, 5) is 22.5. The molecule has 0 aromatic heterocycles. The van der Waals surface area contributed by atoms with Crippen molar-refractivity contribution in [3.8, 4) is 0 Å². The van der Waals surface area contributed by atoms with Crippen molar-refractivity contribution in [1.82, 2.24) is 0 Å². The number of hydrogen-bond donors (Lipinski definition) is 0. The van der Waals surface area contributed by atoms with E-state index in [2.05, 4.69) is 6.92 Å². The lowest BCUT2D eigenvalue weighted by atomic mass is 9.73. The minimum absolute atomic E-state index is 0.209. The Bertz CT molecular complexity index is 287. The van der Waals surface area contributed by atoms with Crippen LogP contribution in [0.4, 0.5) is 0 Å². The summed E-state index contributed by atoms with van der Waals surface area (Å²) in [5.74, 6) is 2.67. The average Bonchev–Trinajstić information content (AvgIpc) is 2.35. The van der Waals surface area contributed by atoms with Gasteiger partial charge in [-0.2, -0.15) is 0 Å². The molecule has 0 spiro atoms. The number of carbonyl (C=O) groups excluding carboxylic acids is 2. The summed E-state index contributed by atoms with van der Waals surface area (Å²) in [6.07, 6.45) is 6.71. The fraction of sp³-hybridized carbons (Fsp3) is 0.875. The first-order valence-corrected chi connectivity index (χ1v) is 7.42. The molecular formula is C16H28O2. The van der Waals surface area contributed by atoms with E-state index in [0.717, 1.165) is 31.6 Å². The quantitative estimate of drug-likeness (QED) is 0.715. The van der Waals surface area contributed by atoms with Crippen molar-refractivity contribution in [2.75, 3.05) is 0 Å². The summed E-state index contributed by atoms with van der Waals surface area (Å²) in [5.41, 5.74) is 0. The van der Waals surface area contributed by atoms with E-state index in [1.807, 2.05) is 6.92 Å². The van der Waals surface area contributed by atoms with E-state index in [1.54, 1.807) is 13.8 Å². The predicted molar refractivity (Wildman–Crippen MR) is 74.4 cm³/mol. The van der Waals surface area contributed by atoms with E-state index in [9.17, 15) is 9.59 Å². The van der Waals surface area contributed by atoms with Crippen molar-refractivity contribution in [2.24, 2.45) is 23.7 Å². The Kier molecular flexibility index (Phi) is 6.04. The van der Waals surface area contributed by atoms with Crippen molar-refractivity contribution in [2.45, 2.75) is 66.2 Å². The van der Waals surface area contributed by atoms with E-state index >= 15 is 0 Å². The van der Waals surface area contributed by atoms with Gasteiger partial charge in [0.05, 0.1) is 0 Å². The normalized spacial score (nSPS) is 27.6. The number of hydrogen-bond acceptors (Lipinski definition) is 2. The maximum Gasteiger partial charge on any atom is 0.132 e. The molecule has 104 valence electrons. The summed E-state index contributed by atoms with van der Waals surface area (Å²) >= 11 is 0. The van der Waals surface area contributed by atoms with Crippen LogP contribution in [0.1, 0.15) is 66.2 Å². The molecule has 0 aromatic carbocycles. The molecule has 0 N–H and O–H groups in total. The summed E-state index contributed by atoms with van der Waals surface area (Å²) in [5, 5.41) is 0. The van der Waals surface area contributed by atoms with Crippen LogP contribution >= 0.6 is 0 Å². The first-order valence-electron chi connectivity index (χ1n) is 7.42. The van der Waals surface area contributed by atoms with Gasteiger partial charge >= 0.3 is 0 Å². The average molecular weight is 252 g/mol. The molecule has 18 heavy (non-hydrogen) atoms. The molecule has 0 bridgehead atoms. The zero-order chi connectivity index (χ0) is 13.7. The van der Waals surface area contributed by atoms with Crippen molar-refractivity contribution < 1.29 is 9.59 Å². The maximum atomic E-state index is 11.3. The van der Waals surface area contributed by atoms with Gasteiger partial charge < -0.3 is 0 Å². The highest BCUT2D eigenvalue weighted by atomic mass is 16.1. The molecule has 0 aliphatic heterocycles. The third kappa shape index (κ3) is 4.55. The number of Topliss-reactive ketones (excluding diaryl/α,β-unsaturated/α-hetero) is 2. The summed E-state index contributed by atoms with van der Waals surface area (Å²) in [6.45, 7) is 7.75. The van der Waals surface area contributed by atoms with Crippen LogP contribution in [0.25, 0.3) is 0 Å². The molecule has 0 saturated heterocycles. The predicted octanol–water partition coefficient (Wildman–Crippen LogP) is 4.02. The van der Waals surface area contributed by atoms with Crippen LogP contribution in [0, 0.1) is 23.7 Å². The Hall–Kier alpha value is -0.660. The van der Waals surface area contributed by atoms with Crippen LogP contribution in [0.2, 0.25) is 0 Å². The van der Waals surface area contributed by atoms with Crippen LogP contribution in [0.5, 0.6) is 0 Å². The number of rotatable bonds is 6. The van der Waals surface area contributed by atoms with E-state index in [1.165, 1.54) is 12.8 Å². The minimum atomic E-state index is 0.209. The Morgan fingerprint density at radius 1 is 1.00 bits per heavy atom. The van der Waals surface area contributed by atoms with Crippen LogP contribution < -0.4 is 0 Å². The van der Waals surface area contributed by atoms with Crippen LogP contribution in [0.15, 0.2) is 0 Å². The zero-order valence-electron chi connectivity index (χ0n) is 12.4. The van der Waals surface area contributed by atoms with E-state index in [4.69, 9.17) is 0 Å².